The number of nitrogens with zero attached hydrogens (tertiary/aromatic N) is 1. The van der Waals surface area contributed by atoms with Crippen LogP contribution in [0.4, 0.5) is 4.79 Å². The van der Waals surface area contributed by atoms with E-state index < -0.39 is 25.8 Å². The highest BCUT2D eigenvalue weighted by atomic mass is 31.2. The first-order valence-electron chi connectivity index (χ1n) is 6.67. The number of esters is 1. The number of ether oxygens (including phenoxy) is 2. The van der Waals surface area contributed by atoms with Crippen LogP contribution in [0.1, 0.15) is 34.1 Å². The minimum atomic E-state index is -4.28. The van der Waals surface area contributed by atoms with Crippen LogP contribution in [0.3, 0.4) is 0 Å². The highest BCUT2D eigenvalue weighted by molar-refractivity contribution is 7.51. The smallest absolute Gasteiger partial charge is 0.434 e. The van der Waals surface area contributed by atoms with Crippen molar-refractivity contribution in [3.63, 3.8) is 0 Å². The standard InChI is InChI=1S/C9H16NO7P.C3H8O/c1-3-16-8(11)7(5-6-18(13,14)15)10-9(12)17-4-2;1-3(2)4/h3-6H2,1-2H3,(H2,13,14,15);3-4H,1-2H3. The molecule has 0 saturated heterocycles. The molecule has 10 heteroatoms. The summed E-state index contributed by atoms with van der Waals surface area (Å²) < 4.78 is 19.8. The van der Waals surface area contributed by atoms with Crippen molar-refractivity contribution in [1.29, 1.82) is 0 Å². The van der Waals surface area contributed by atoms with E-state index >= 15 is 0 Å². The predicted molar refractivity (Wildman–Crippen MR) is 80.0 cm³/mol. The summed E-state index contributed by atoms with van der Waals surface area (Å²) in [5, 5.41) is 8.06. The quantitative estimate of drug-likeness (QED) is 0.370. The zero-order chi connectivity index (χ0) is 17.8. The van der Waals surface area contributed by atoms with Crippen molar-refractivity contribution in [2.45, 2.75) is 40.2 Å². The summed E-state index contributed by atoms with van der Waals surface area (Å²) in [6.07, 6.45) is -2.11. The molecule has 0 radical (unpaired) electrons. The third kappa shape index (κ3) is 16.8. The summed E-state index contributed by atoms with van der Waals surface area (Å²) in [5.41, 5.74) is -0.362. The van der Waals surface area contributed by atoms with Crippen molar-refractivity contribution in [3.8, 4) is 0 Å². The van der Waals surface area contributed by atoms with E-state index in [1.807, 2.05) is 0 Å². The molecule has 130 valence electrons. The van der Waals surface area contributed by atoms with Crippen LogP contribution in [-0.4, -0.2) is 58.1 Å². The highest BCUT2D eigenvalue weighted by Gasteiger charge is 2.21. The Bertz CT molecular complexity index is 413. The van der Waals surface area contributed by atoms with Gasteiger partial charge in [-0.3, -0.25) is 4.57 Å². The molecule has 1 amide bonds. The normalized spacial score (nSPS) is 11.5. The van der Waals surface area contributed by atoms with Crippen molar-refractivity contribution in [2.24, 2.45) is 4.99 Å². The van der Waals surface area contributed by atoms with Gasteiger partial charge in [0.1, 0.15) is 5.71 Å². The van der Waals surface area contributed by atoms with Crippen molar-refractivity contribution in [3.05, 3.63) is 0 Å². The maximum atomic E-state index is 11.4. The minimum Gasteiger partial charge on any atom is -0.462 e. The van der Waals surface area contributed by atoms with E-state index in [1.165, 1.54) is 0 Å². The number of aliphatic hydroxyl groups excluding tert-OH is 1. The van der Waals surface area contributed by atoms with Crippen LogP contribution in [-0.2, 0) is 18.8 Å². The number of amides is 1. The number of carbonyl (C=O) groups is 2. The number of hydrogen-bond donors (Lipinski definition) is 3. The number of hydrogen-bond acceptors (Lipinski definition) is 6. The lowest BCUT2D eigenvalue weighted by Gasteiger charge is -2.06. The van der Waals surface area contributed by atoms with Crippen LogP contribution in [0.15, 0.2) is 4.99 Å². The molecule has 3 N–H and O–H groups in total. The maximum Gasteiger partial charge on any atom is 0.434 e. The first-order valence-corrected chi connectivity index (χ1v) is 8.47. The Morgan fingerprint density at radius 3 is 1.95 bits per heavy atom. The number of aliphatic imine (C=N–C) groups is 1. The molecule has 0 bridgehead atoms. The van der Waals surface area contributed by atoms with Gasteiger partial charge in [-0.1, -0.05) is 0 Å². The van der Waals surface area contributed by atoms with Crippen LogP contribution in [0.2, 0.25) is 0 Å². The van der Waals surface area contributed by atoms with E-state index in [9.17, 15) is 14.2 Å². The lowest BCUT2D eigenvalue weighted by Crippen LogP contribution is -2.20. The third-order valence-corrected chi connectivity index (χ3v) is 2.45. The Morgan fingerprint density at radius 1 is 1.14 bits per heavy atom. The molecule has 0 spiro atoms. The SMILES string of the molecule is CC(C)O.CCOC(=O)N=C(CCP(=O)(O)O)C(=O)OCC. The van der Waals surface area contributed by atoms with Gasteiger partial charge in [0.15, 0.2) is 0 Å². The molecule has 0 aliphatic carbocycles. The summed E-state index contributed by atoms with van der Waals surface area (Å²) in [4.78, 5) is 43.2. The molecule has 0 aliphatic heterocycles. The summed E-state index contributed by atoms with van der Waals surface area (Å²) in [7, 11) is -4.28. The minimum absolute atomic E-state index is 0.0661. The van der Waals surface area contributed by atoms with Crippen molar-refractivity contribution < 1.29 is 38.5 Å². The third-order valence-electron chi connectivity index (χ3n) is 1.65. The van der Waals surface area contributed by atoms with E-state index in [2.05, 4.69) is 14.5 Å². The van der Waals surface area contributed by atoms with Crippen LogP contribution < -0.4 is 0 Å². The van der Waals surface area contributed by atoms with Gasteiger partial charge >= 0.3 is 19.7 Å². The molecule has 0 aromatic carbocycles. The number of rotatable bonds is 6. The van der Waals surface area contributed by atoms with E-state index in [4.69, 9.17) is 14.9 Å². The molecule has 0 aliphatic rings. The van der Waals surface area contributed by atoms with Gasteiger partial charge in [-0.2, -0.15) is 4.99 Å². The molecule has 0 unspecified atom stereocenters. The molecule has 0 saturated carbocycles. The number of carbonyl (C=O) groups excluding carboxylic acids is 2. The second-order valence-electron chi connectivity index (χ2n) is 4.21. The first kappa shape index (κ1) is 23.0. The van der Waals surface area contributed by atoms with Gasteiger partial charge in [-0.15, -0.1) is 0 Å². The lowest BCUT2D eigenvalue weighted by atomic mass is 10.3. The van der Waals surface area contributed by atoms with Crippen LogP contribution in [0, 0.1) is 0 Å². The highest BCUT2D eigenvalue weighted by Crippen LogP contribution is 2.35. The second kappa shape index (κ2) is 12.3. The van der Waals surface area contributed by atoms with Crippen LogP contribution in [0.5, 0.6) is 0 Å². The summed E-state index contributed by atoms with van der Waals surface area (Å²) in [6.45, 7) is 6.71. The van der Waals surface area contributed by atoms with Gasteiger partial charge in [-0.25, -0.2) is 9.59 Å². The largest absolute Gasteiger partial charge is 0.462 e. The molecule has 0 rings (SSSR count). The summed E-state index contributed by atoms with van der Waals surface area (Å²) in [6, 6.07) is 0. The molecular weight excluding hydrogens is 317 g/mol. The predicted octanol–water partition coefficient (Wildman–Crippen LogP) is 1.10. The number of aliphatic hydroxyl groups is 1. The Hall–Kier alpha value is -1.28. The Labute approximate surface area is 129 Å². The van der Waals surface area contributed by atoms with Gasteiger partial charge in [0.2, 0.25) is 0 Å². The Balaban J connectivity index is 0. The second-order valence-corrected chi connectivity index (χ2v) is 5.99. The van der Waals surface area contributed by atoms with Gasteiger partial charge in [0.05, 0.1) is 19.4 Å². The van der Waals surface area contributed by atoms with Gasteiger partial charge < -0.3 is 24.4 Å². The first-order chi connectivity index (χ1) is 10.0. The van der Waals surface area contributed by atoms with E-state index in [0.717, 1.165) is 0 Å². The molecular formula is C12H24NO8P. The fourth-order valence-corrected chi connectivity index (χ4v) is 1.44. The molecule has 22 heavy (non-hydrogen) atoms. The van der Waals surface area contributed by atoms with Crippen LogP contribution >= 0.6 is 7.60 Å². The van der Waals surface area contributed by atoms with Gasteiger partial charge in [-0.05, 0) is 27.7 Å². The molecule has 0 aromatic rings. The molecule has 9 nitrogen and oxygen atoms in total. The zero-order valence-corrected chi connectivity index (χ0v) is 14.1. The van der Waals surface area contributed by atoms with E-state index in [-0.39, 0.29) is 31.5 Å². The summed E-state index contributed by atoms with van der Waals surface area (Å²) >= 11 is 0. The van der Waals surface area contributed by atoms with Crippen molar-refractivity contribution in [1.82, 2.24) is 0 Å². The fraction of sp³-hybridized carbons (Fsp3) is 0.750. The average Bonchev–Trinajstić information content (AvgIpc) is 2.33. The van der Waals surface area contributed by atoms with Crippen molar-refractivity contribution >= 4 is 25.4 Å². The van der Waals surface area contributed by atoms with E-state index in [1.54, 1.807) is 27.7 Å². The molecule has 0 aromatic heterocycles. The molecule has 0 heterocycles. The summed E-state index contributed by atoms with van der Waals surface area (Å²) in [5.74, 6) is -0.890. The zero-order valence-electron chi connectivity index (χ0n) is 13.2. The monoisotopic (exact) mass is 341 g/mol. The van der Waals surface area contributed by atoms with Gasteiger partial charge in [0, 0.05) is 12.5 Å². The topological polar surface area (TPSA) is 143 Å². The Kier molecular flexibility index (Phi) is 12.8. The average molecular weight is 341 g/mol. The fourth-order valence-electron chi connectivity index (χ4n) is 0.935. The van der Waals surface area contributed by atoms with Crippen molar-refractivity contribution in [2.75, 3.05) is 19.4 Å². The lowest BCUT2D eigenvalue weighted by molar-refractivity contribution is -0.135. The Morgan fingerprint density at radius 2 is 1.59 bits per heavy atom. The van der Waals surface area contributed by atoms with Crippen LogP contribution in [0.25, 0.3) is 0 Å². The molecule has 0 atom stereocenters. The maximum absolute atomic E-state index is 11.4. The van der Waals surface area contributed by atoms with E-state index in [0.29, 0.717) is 0 Å². The molecule has 0 fully saturated rings. The van der Waals surface area contributed by atoms with Gasteiger partial charge in [0.25, 0.3) is 0 Å².